The third kappa shape index (κ3) is 3.36. The molecule has 2 rings (SSSR count). The third-order valence-electron chi connectivity index (χ3n) is 4.62. The SMILES string of the molecule is CCC(N)C(c1ccccc1Cl)N1CC(C)CCC1C. The molecule has 1 fully saturated rings. The largest absolute Gasteiger partial charge is 0.326 e. The van der Waals surface area contributed by atoms with Crippen LogP contribution in [-0.2, 0) is 0 Å². The van der Waals surface area contributed by atoms with Crippen molar-refractivity contribution >= 4 is 11.6 Å². The lowest BCUT2D eigenvalue weighted by atomic mass is 9.88. The van der Waals surface area contributed by atoms with E-state index in [0.717, 1.165) is 23.9 Å². The van der Waals surface area contributed by atoms with Crippen LogP contribution in [0.3, 0.4) is 0 Å². The molecule has 112 valence electrons. The lowest BCUT2D eigenvalue weighted by molar-refractivity contribution is 0.0625. The minimum absolute atomic E-state index is 0.127. The highest BCUT2D eigenvalue weighted by molar-refractivity contribution is 6.31. The molecule has 4 atom stereocenters. The Kier molecular flexibility index (Phi) is 5.48. The highest BCUT2D eigenvalue weighted by Crippen LogP contribution is 2.36. The average molecular weight is 295 g/mol. The fourth-order valence-corrected chi connectivity index (χ4v) is 3.55. The summed E-state index contributed by atoms with van der Waals surface area (Å²) >= 11 is 6.44. The summed E-state index contributed by atoms with van der Waals surface area (Å²) in [5.74, 6) is 0.736. The number of likely N-dealkylation sites (tertiary alicyclic amines) is 1. The molecule has 0 saturated carbocycles. The number of halogens is 1. The van der Waals surface area contributed by atoms with E-state index in [2.05, 4.69) is 37.8 Å². The highest BCUT2D eigenvalue weighted by atomic mass is 35.5. The molecule has 0 aliphatic carbocycles. The fourth-order valence-electron chi connectivity index (χ4n) is 3.30. The van der Waals surface area contributed by atoms with E-state index in [4.69, 9.17) is 17.3 Å². The van der Waals surface area contributed by atoms with Crippen LogP contribution in [0.5, 0.6) is 0 Å². The molecule has 20 heavy (non-hydrogen) atoms. The predicted molar refractivity (Wildman–Crippen MR) is 87.0 cm³/mol. The first-order valence-electron chi connectivity index (χ1n) is 7.80. The van der Waals surface area contributed by atoms with Gasteiger partial charge in [0, 0.05) is 23.7 Å². The highest BCUT2D eigenvalue weighted by Gasteiger charge is 2.33. The minimum Gasteiger partial charge on any atom is -0.326 e. The second-order valence-corrected chi connectivity index (χ2v) is 6.67. The van der Waals surface area contributed by atoms with Crippen LogP contribution in [0.25, 0.3) is 0 Å². The van der Waals surface area contributed by atoms with Crippen LogP contribution in [0, 0.1) is 5.92 Å². The Morgan fingerprint density at radius 1 is 1.30 bits per heavy atom. The second kappa shape index (κ2) is 6.93. The zero-order valence-corrected chi connectivity index (χ0v) is 13.6. The van der Waals surface area contributed by atoms with Gasteiger partial charge in [0.15, 0.2) is 0 Å². The van der Waals surface area contributed by atoms with Gasteiger partial charge < -0.3 is 5.73 Å². The number of nitrogens with zero attached hydrogens (tertiary/aromatic N) is 1. The number of rotatable bonds is 4. The summed E-state index contributed by atoms with van der Waals surface area (Å²) in [5, 5.41) is 0.840. The van der Waals surface area contributed by atoms with Gasteiger partial charge in [0.2, 0.25) is 0 Å². The number of piperidine rings is 1. The van der Waals surface area contributed by atoms with Crippen LogP contribution in [0.1, 0.15) is 51.6 Å². The summed E-state index contributed by atoms with van der Waals surface area (Å²) < 4.78 is 0. The van der Waals surface area contributed by atoms with Crippen molar-refractivity contribution in [1.29, 1.82) is 0 Å². The number of hydrogen-bond acceptors (Lipinski definition) is 2. The smallest absolute Gasteiger partial charge is 0.0516 e. The lowest BCUT2D eigenvalue weighted by Gasteiger charge is -2.44. The maximum absolute atomic E-state index is 6.46. The summed E-state index contributed by atoms with van der Waals surface area (Å²) in [5.41, 5.74) is 7.64. The van der Waals surface area contributed by atoms with Gasteiger partial charge in [-0.2, -0.15) is 0 Å². The van der Waals surface area contributed by atoms with E-state index in [1.807, 2.05) is 12.1 Å². The minimum atomic E-state index is 0.127. The molecule has 3 heteroatoms. The molecule has 2 N–H and O–H groups in total. The Bertz CT molecular complexity index is 435. The van der Waals surface area contributed by atoms with E-state index in [-0.39, 0.29) is 12.1 Å². The summed E-state index contributed by atoms with van der Waals surface area (Å²) in [6, 6.07) is 9.09. The van der Waals surface area contributed by atoms with Crippen molar-refractivity contribution in [2.75, 3.05) is 6.54 Å². The number of hydrogen-bond donors (Lipinski definition) is 1. The van der Waals surface area contributed by atoms with E-state index < -0.39 is 0 Å². The molecule has 1 aromatic carbocycles. The summed E-state index contributed by atoms with van der Waals surface area (Å²) in [4.78, 5) is 2.57. The van der Waals surface area contributed by atoms with Gasteiger partial charge in [0.25, 0.3) is 0 Å². The Labute approximate surface area is 128 Å². The van der Waals surface area contributed by atoms with Crippen LogP contribution in [-0.4, -0.2) is 23.5 Å². The zero-order chi connectivity index (χ0) is 14.7. The molecule has 0 radical (unpaired) electrons. The molecular formula is C17H27ClN2. The summed E-state index contributed by atoms with van der Waals surface area (Å²) in [6.45, 7) is 7.93. The Hall–Kier alpha value is -0.570. The van der Waals surface area contributed by atoms with Gasteiger partial charge in [-0.1, -0.05) is 43.6 Å². The van der Waals surface area contributed by atoms with Gasteiger partial charge in [-0.3, -0.25) is 4.90 Å². The van der Waals surface area contributed by atoms with E-state index in [9.17, 15) is 0 Å². The normalized spacial score (nSPS) is 27.2. The molecule has 1 saturated heterocycles. The summed E-state index contributed by atoms with van der Waals surface area (Å²) in [6.07, 6.45) is 3.53. The van der Waals surface area contributed by atoms with Gasteiger partial charge in [-0.05, 0) is 43.7 Å². The lowest BCUT2D eigenvalue weighted by Crippen LogP contribution is -2.49. The maximum atomic E-state index is 6.46. The van der Waals surface area contributed by atoms with Crippen molar-refractivity contribution in [3.63, 3.8) is 0 Å². The van der Waals surface area contributed by atoms with Crippen molar-refractivity contribution in [3.8, 4) is 0 Å². The third-order valence-corrected chi connectivity index (χ3v) is 4.97. The molecule has 1 aliphatic rings. The molecule has 0 amide bonds. The standard InChI is InChI=1S/C17H27ClN2/c1-4-16(19)17(14-7-5-6-8-15(14)18)20-11-12(2)9-10-13(20)3/h5-8,12-13,16-17H,4,9-11,19H2,1-3H3. The zero-order valence-electron chi connectivity index (χ0n) is 12.8. The number of nitrogens with two attached hydrogens (primary N) is 1. The van der Waals surface area contributed by atoms with Gasteiger partial charge in [0.1, 0.15) is 0 Å². The quantitative estimate of drug-likeness (QED) is 0.900. The van der Waals surface area contributed by atoms with Crippen LogP contribution >= 0.6 is 11.6 Å². The van der Waals surface area contributed by atoms with E-state index >= 15 is 0 Å². The van der Waals surface area contributed by atoms with Crippen molar-refractivity contribution in [2.24, 2.45) is 11.7 Å². The van der Waals surface area contributed by atoms with Crippen molar-refractivity contribution in [2.45, 2.75) is 58.2 Å². The average Bonchev–Trinajstić information content (AvgIpc) is 2.44. The Morgan fingerprint density at radius 3 is 2.65 bits per heavy atom. The van der Waals surface area contributed by atoms with Crippen molar-refractivity contribution < 1.29 is 0 Å². The molecule has 2 nitrogen and oxygen atoms in total. The van der Waals surface area contributed by atoms with Crippen molar-refractivity contribution in [3.05, 3.63) is 34.9 Å². The second-order valence-electron chi connectivity index (χ2n) is 6.27. The summed E-state index contributed by atoms with van der Waals surface area (Å²) in [7, 11) is 0. The van der Waals surface area contributed by atoms with E-state index in [0.29, 0.717) is 6.04 Å². The first-order chi connectivity index (χ1) is 9.54. The van der Waals surface area contributed by atoms with Crippen molar-refractivity contribution in [1.82, 2.24) is 4.90 Å². The van der Waals surface area contributed by atoms with E-state index in [1.165, 1.54) is 18.4 Å². The molecule has 1 heterocycles. The van der Waals surface area contributed by atoms with E-state index in [1.54, 1.807) is 0 Å². The fraction of sp³-hybridized carbons (Fsp3) is 0.647. The molecule has 1 aromatic rings. The first-order valence-corrected chi connectivity index (χ1v) is 8.18. The maximum Gasteiger partial charge on any atom is 0.0516 e. The Morgan fingerprint density at radius 2 is 2.00 bits per heavy atom. The monoisotopic (exact) mass is 294 g/mol. The molecule has 0 bridgehead atoms. The van der Waals surface area contributed by atoms with Gasteiger partial charge in [-0.15, -0.1) is 0 Å². The van der Waals surface area contributed by atoms with Gasteiger partial charge in [-0.25, -0.2) is 0 Å². The van der Waals surface area contributed by atoms with Crippen LogP contribution in [0.4, 0.5) is 0 Å². The van der Waals surface area contributed by atoms with Gasteiger partial charge in [0.05, 0.1) is 6.04 Å². The first kappa shape index (κ1) is 15.8. The van der Waals surface area contributed by atoms with Crippen LogP contribution < -0.4 is 5.73 Å². The molecular weight excluding hydrogens is 268 g/mol. The molecule has 4 unspecified atom stereocenters. The molecule has 1 aliphatic heterocycles. The molecule has 0 spiro atoms. The topological polar surface area (TPSA) is 29.3 Å². The van der Waals surface area contributed by atoms with Gasteiger partial charge >= 0.3 is 0 Å². The molecule has 0 aromatic heterocycles. The van der Waals surface area contributed by atoms with Crippen LogP contribution in [0.15, 0.2) is 24.3 Å². The number of benzene rings is 1. The van der Waals surface area contributed by atoms with Crippen LogP contribution in [0.2, 0.25) is 5.02 Å². The predicted octanol–water partition coefficient (Wildman–Crippen LogP) is 4.24. The Balaban J connectivity index is 2.35.